The Hall–Kier alpha value is -2.77. The maximum Gasteiger partial charge on any atom is 0.364 e. The number of esters is 1. The molecule has 0 spiro atoms. The molecular formula is C15H16FN3O4. The molecule has 2 rings (SSSR count). The van der Waals surface area contributed by atoms with Gasteiger partial charge in [0.1, 0.15) is 5.82 Å². The molecule has 0 aliphatic rings. The zero-order valence-corrected chi connectivity index (χ0v) is 12.9. The highest BCUT2D eigenvalue weighted by atomic mass is 19.1. The minimum Gasteiger partial charge on any atom is -0.461 e. The Kier molecular flexibility index (Phi) is 4.73. The molecule has 0 fully saturated rings. The summed E-state index contributed by atoms with van der Waals surface area (Å²) in [7, 11) is 0. The first-order valence-electron chi connectivity index (χ1n) is 7.05. The average molecular weight is 321 g/mol. The van der Waals surface area contributed by atoms with E-state index in [-0.39, 0.29) is 18.3 Å². The molecule has 0 aliphatic carbocycles. The van der Waals surface area contributed by atoms with Gasteiger partial charge in [0.25, 0.3) is 5.56 Å². The van der Waals surface area contributed by atoms with Gasteiger partial charge in [0.2, 0.25) is 5.69 Å². The molecule has 0 bridgehead atoms. The SMILES string of the molecule is CCOC(=O)c1nn(C(C)C)c(=O)n(-c2ccc(F)cc2)c1=O. The Morgan fingerprint density at radius 3 is 2.39 bits per heavy atom. The highest BCUT2D eigenvalue weighted by molar-refractivity contribution is 5.86. The zero-order chi connectivity index (χ0) is 17.1. The summed E-state index contributed by atoms with van der Waals surface area (Å²) in [5, 5.41) is 3.82. The van der Waals surface area contributed by atoms with Crippen LogP contribution in [0.1, 0.15) is 37.3 Å². The first kappa shape index (κ1) is 16.6. The van der Waals surface area contributed by atoms with E-state index in [9.17, 15) is 18.8 Å². The molecule has 0 saturated heterocycles. The van der Waals surface area contributed by atoms with Crippen LogP contribution in [0.25, 0.3) is 5.69 Å². The van der Waals surface area contributed by atoms with Gasteiger partial charge in [-0.1, -0.05) is 0 Å². The Morgan fingerprint density at radius 1 is 1.26 bits per heavy atom. The van der Waals surface area contributed by atoms with Gasteiger partial charge in [0.15, 0.2) is 0 Å². The van der Waals surface area contributed by atoms with E-state index in [2.05, 4.69) is 5.10 Å². The predicted octanol–water partition coefficient (Wildman–Crippen LogP) is 1.29. The predicted molar refractivity (Wildman–Crippen MR) is 80.4 cm³/mol. The van der Waals surface area contributed by atoms with E-state index < -0.39 is 28.7 Å². The van der Waals surface area contributed by atoms with Crippen LogP contribution in [0, 0.1) is 5.82 Å². The summed E-state index contributed by atoms with van der Waals surface area (Å²) in [6, 6.07) is 4.40. The van der Waals surface area contributed by atoms with Crippen molar-refractivity contribution in [2.45, 2.75) is 26.8 Å². The fraction of sp³-hybridized carbons (Fsp3) is 0.333. The molecule has 122 valence electrons. The monoisotopic (exact) mass is 321 g/mol. The molecule has 8 heteroatoms. The summed E-state index contributed by atoms with van der Waals surface area (Å²) >= 11 is 0. The number of nitrogens with zero attached hydrogens (tertiary/aromatic N) is 3. The quantitative estimate of drug-likeness (QED) is 0.792. The van der Waals surface area contributed by atoms with E-state index in [1.54, 1.807) is 20.8 Å². The zero-order valence-electron chi connectivity index (χ0n) is 12.9. The molecule has 0 atom stereocenters. The van der Waals surface area contributed by atoms with Crippen LogP contribution < -0.4 is 11.2 Å². The first-order chi connectivity index (χ1) is 10.9. The minimum atomic E-state index is -0.914. The van der Waals surface area contributed by atoms with Crippen LogP contribution in [0.3, 0.4) is 0 Å². The summed E-state index contributed by atoms with van der Waals surface area (Å²) in [5.74, 6) is -1.42. The molecule has 1 aromatic heterocycles. The number of halogens is 1. The third kappa shape index (κ3) is 3.20. The largest absolute Gasteiger partial charge is 0.461 e. The molecule has 23 heavy (non-hydrogen) atoms. The lowest BCUT2D eigenvalue weighted by Gasteiger charge is -2.13. The number of hydrogen-bond acceptors (Lipinski definition) is 5. The summed E-state index contributed by atoms with van der Waals surface area (Å²) in [6.45, 7) is 5.03. The van der Waals surface area contributed by atoms with Crippen molar-refractivity contribution in [2.24, 2.45) is 0 Å². The van der Waals surface area contributed by atoms with Crippen molar-refractivity contribution in [1.82, 2.24) is 14.3 Å². The van der Waals surface area contributed by atoms with Crippen molar-refractivity contribution in [3.63, 3.8) is 0 Å². The van der Waals surface area contributed by atoms with Crippen LogP contribution >= 0.6 is 0 Å². The van der Waals surface area contributed by atoms with Gasteiger partial charge in [-0.25, -0.2) is 23.2 Å². The number of hydrogen-bond donors (Lipinski definition) is 0. The van der Waals surface area contributed by atoms with Crippen molar-refractivity contribution in [3.05, 3.63) is 56.6 Å². The molecule has 1 heterocycles. The fourth-order valence-electron chi connectivity index (χ4n) is 1.97. The van der Waals surface area contributed by atoms with E-state index >= 15 is 0 Å². The van der Waals surface area contributed by atoms with Crippen molar-refractivity contribution < 1.29 is 13.9 Å². The normalized spacial score (nSPS) is 10.8. The second kappa shape index (κ2) is 6.55. The van der Waals surface area contributed by atoms with Gasteiger partial charge < -0.3 is 4.74 Å². The number of carbonyl (C=O) groups excluding carboxylic acids is 1. The third-order valence-electron chi connectivity index (χ3n) is 3.04. The lowest BCUT2D eigenvalue weighted by atomic mass is 10.3. The van der Waals surface area contributed by atoms with Crippen LogP contribution in [0.4, 0.5) is 4.39 Å². The molecule has 0 amide bonds. The van der Waals surface area contributed by atoms with Crippen LogP contribution in [0.2, 0.25) is 0 Å². The smallest absolute Gasteiger partial charge is 0.364 e. The molecule has 7 nitrogen and oxygen atoms in total. The average Bonchev–Trinajstić information content (AvgIpc) is 2.49. The number of aromatic nitrogens is 3. The second-order valence-corrected chi connectivity index (χ2v) is 5.01. The molecular weight excluding hydrogens is 305 g/mol. The van der Waals surface area contributed by atoms with Crippen LogP contribution in [-0.4, -0.2) is 26.9 Å². The summed E-state index contributed by atoms with van der Waals surface area (Å²) in [6.07, 6.45) is 0. The highest BCUT2D eigenvalue weighted by Gasteiger charge is 2.22. The van der Waals surface area contributed by atoms with Gasteiger partial charge in [-0.3, -0.25) is 4.79 Å². The maximum absolute atomic E-state index is 13.1. The van der Waals surface area contributed by atoms with Crippen LogP contribution in [0.15, 0.2) is 33.9 Å². The van der Waals surface area contributed by atoms with Crippen molar-refractivity contribution >= 4 is 5.97 Å². The fourth-order valence-corrected chi connectivity index (χ4v) is 1.97. The molecule has 0 saturated carbocycles. The van der Waals surface area contributed by atoms with Crippen molar-refractivity contribution in [1.29, 1.82) is 0 Å². The van der Waals surface area contributed by atoms with Gasteiger partial charge in [-0.05, 0) is 45.0 Å². The van der Waals surface area contributed by atoms with Crippen LogP contribution in [0.5, 0.6) is 0 Å². The summed E-state index contributed by atoms with van der Waals surface area (Å²) in [5.41, 5.74) is -1.98. The lowest BCUT2D eigenvalue weighted by molar-refractivity contribution is 0.0512. The Morgan fingerprint density at radius 2 is 1.87 bits per heavy atom. The second-order valence-electron chi connectivity index (χ2n) is 5.01. The maximum atomic E-state index is 13.1. The number of rotatable bonds is 4. The molecule has 1 aromatic carbocycles. The van der Waals surface area contributed by atoms with Gasteiger partial charge in [-0.2, -0.15) is 5.10 Å². The van der Waals surface area contributed by atoms with Crippen molar-refractivity contribution in [2.75, 3.05) is 6.61 Å². The van der Waals surface area contributed by atoms with E-state index in [0.717, 1.165) is 21.4 Å². The van der Waals surface area contributed by atoms with E-state index in [4.69, 9.17) is 4.74 Å². The van der Waals surface area contributed by atoms with Gasteiger partial charge in [0, 0.05) is 0 Å². The molecule has 2 aromatic rings. The Balaban J connectivity index is 2.79. The number of ether oxygens (including phenoxy) is 1. The number of benzene rings is 1. The van der Waals surface area contributed by atoms with Gasteiger partial charge >= 0.3 is 11.7 Å². The molecule has 0 unspecified atom stereocenters. The molecule has 0 radical (unpaired) electrons. The summed E-state index contributed by atoms with van der Waals surface area (Å²) in [4.78, 5) is 36.8. The minimum absolute atomic E-state index is 0.0668. The van der Waals surface area contributed by atoms with Crippen LogP contribution in [-0.2, 0) is 4.74 Å². The lowest BCUT2D eigenvalue weighted by Crippen LogP contribution is -2.44. The highest BCUT2D eigenvalue weighted by Crippen LogP contribution is 2.06. The van der Waals surface area contributed by atoms with Gasteiger partial charge in [0.05, 0.1) is 18.3 Å². The Labute approximate surface area is 130 Å². The number of carbonyl (C=O) groups is 1. The third-order valence-corrected chi connectivity index (χ3v) is 3.04. The van der Waals surface area contributed by atoms with E-state index in [0.29, 0.717) is 0 Å². The van der Waals surface area contributed by atoms with E-state index in [1.807, 2.05) is 0 Å². The molecule has 0 aliphatic heterocycles. The standard InChI is InChI=1S/C15H16FN3O4/c1-4-23-14(21)12-13(20)18(11-7-5-10(16)6-8-11)15(22)19(17-12)9(2)3/h5-9H,4H2,1-3H3. The van der Waals surface area contributed by atoms with Crippen molar-refractivity contribution in [3.8, 4) is 5.69 Å². The van der Waals surface area contributed by atoms with Gasteiger partial charge in [-0.15, -0.1) is 0 Å². The first-order valence-corrected chi connectivity index (χ1v) is 7.05. The topological polar surface area (TPSA) is 83.2 Å². The summed E-state index contributed by atoms with van der Waals surface area (Å²) < 4.78 is 19.7. The van der Waals surface area contributed by atoms with E-state index in [1.165, 1.54) is 12.1 Å². The Bertz CT molecular complexity index is 837. The molecule has 0 N–H and O–H groups in total.